The zero-order valence-corrected chi connectivity index (χ0v) is 12.5. The molecule has 1 unspecified atom stereocenters. The number of ether oxygens (including phenoxy) is 1. The van der Waals surface area contributed by atoms with Crippen LogP contribution >= 0.6 is 0 Å². The first-order valence-corrected chi connectivity index (χ1v) is 6.97. The molecular formula is C16H21NO5. The molecule has 0 bridgehead atoms. The molecule has 0 aliphatic carbocycles. The van der Waals surface area contributed by atoms with Crippen LogP contribution in [0.1, 0.15) is 18.9 Å². The zero-order valence-electron chi connectivity index (χ0n) is 12.5. The minimum absolute atomic E-state index is 0.00882. The van der Waals surface area contributed by atoms with E-state index in [1.54, 1.807) is 13.0 Å². The van der Waals surface area contributed by atoms with Crippen LogP contribution in [0.25, 0.3) is 0 Å². The maximum Gasteiger partial charge on any atom is 0.330 e. The van der Waals surface area contributed by atoms with Gasteiger partial charge in [0.2, 0.25) is 0 Å². The Morgan fingerprint density at radius 2 is 1.95 bits per heavy atom. The van der Waals surface area contributed by atoms with Gasteiger partial charge in [-0.05, 0) is 18.9 Å². The van der Waals surface area contributed by atoms with Crippen LogP contribution < -0.4 is 5.32 Å². The Labute approximate surface area is 129 Å². The van der Waals surface area contributed by atoms with Gasteiger partial charge in [0.05, 0.1) is 19.3 Å². The van der Waals surface area contributed by atoms with Crippen molar-refractivity contribution in [3.8, 4) is 0 Å². The molecule has 0 amide bonds. The van der Waals surface area contributed by atoms with E-state index in [0.717, 1.165) is 18.6 Å². The predicted molar refractivity (Wildman–Crippen MR) is 81.5 cm³/mol. The minimum atomic E-state index is -0.847. The number of aliphatic carboxylic acids is 2. The molecule has 0 aromatic heterocycles. The summed E-state index contributed by atoms with van der Waals surface area (Å²) in [6.07, 6.45) is 2.72. The first kappa shape index (κ1) is 17.9. The van der Waals surface area contributed by atoms with Gasteiger partial charge < -0.3 is 20.3 Å². The van der Waals surface area contributed by atoms with E-state index in [9.17, 15) is 9.59 Å². The number of rotatable bonds is 7. The molecule has 120 valence electrons. The second kappa shape index (κ2) is 9.70. The summed E-state index contributed by atoms with van der Waals surface area (Å²) in [5, 5.41) is 19.5. The van der Waals surface area contributed by atoms with Gasteiger partial charge >= 0.3 is 11.9 Å². The van der Waals surface area contributed by atoms with Crippen LogP contribution in [0.5, 0.6) is 0 Å². The summed E-state index contributed by atoms with van der Waals surface area (Å²) in [7, 11) is 0. The monoisotopic (exact) mass is 307 g/mol. The maximum atomic E-state index is 10.2. The Morgan fingerprint density at radius 1 is 1.32 bits per heavy atom. The third-order valence-electron chi connectivity index (χ3n) is 2.87. The van der Waals surface area contributed by atoms with Crippen LogP contribution in [0, 0.1) is 0 Å². The predicted octanol–water partition coefficient (Wildman–Crippen LogP) is 1.67. The third-order valence-corrected chi connectivity index (χ3v) is 2.87. The normalized spacial score (nSPS) is 16.4. The molecule has 1 aliphatic rings. The van der Waals surface area contributed by atoms with Crippen molar-refractivity contribution in [2.45, 2.75) is 26.0 Å². The molecule has 0 saturated carbocycles. The molecule has 3 N–H and O–H groups in total. The summed E-state index contributed by atoms with van der Waals surface area (Å²) in [6, 6.07) is 9.69. The molecule has 6 heteroatoms. The molecule has 1 atom stereocenters. The Kier molecular flexibility index (Phi) is 7.88. The van der Waals surface area contributed by atoms with Gasteiger partial charge in [0.15, 0.2) is 0 Å². The number of hydrogen-bond acceptors (Lipinski definition) is 4. The van der Waals surface area contributed by atoms with E-state index in [0.29, 0.717) is 12.1 Å². The lowest BCUT2D eigenvalue weighted by atomic mass is 10.2. The van der Waals surface area contributed by atoms with Gasteiger partial charge in [-0.3, -0.25) is 4.79 Å². The molecule has 1 heterocycles. The molecule has 1 aliphatic heterocycles. The lowest BCUT2D eigenvalue weighted by Crippen LogP contribution is -2.21. The Balaban J connectivity index is 0.000000224. The van der Waals surface area contributed by atoms with Crippen molar-refractivity contribution in [3.05, 3.63) is 47.5 Å². The summed E-state index contributed by atoms with van der Waals surface area (Å²) in [4.78, 5) is 20.4. The lowest BCUT2D eigenvalue weighted by Gasteiger charge is -2.00. The first-order chi connectivity index (χ1) is 10.5. The van der Waals surface area contributed by atoms with Crippen LogP contribution in [-0.4, -0.2) is 41.4 Å². The Morgan fingerprint density at radius 3 is 2.45 bits per heavy atom. The topological polar surface area (TPSA) is 99.2 Å². The molecule has 2 rings (SSSR count). The Hall–Kier alpha value is -2.18. The summed E-state index contributed by atoms with van der Waals surface area (Å²) in [6.45, 7) is 2.98. The molecule has 1 aromatic rings. The quantitative estimate of drug-likeness (QED) is 0.523. The molecule has 0 spiro atoms. The summed E-state index contributed by atoms with van der Waals surface area (Å²) in [5.74, 6) is -1.67. The van der Waals surface area contributed by atoms with E-state index < -0.39 is 11.9 Å². The van der Waals surface area contributed by atoms with Gasteiger partial charge in [-0.1, -0.05) is 36.4 Å². The average molecular weight is 307 g/mol. The van der Waals surface area contributed by atoms with E-state index in [4.69, 9.17) is 14.9 Å². The molecular weight excluding hydrogens is 286 g/mol. The van der Waals surface area contributed by atoms with Crippen molar-refractivity contribution in [3.63, 3.8) is 0 Å². The fourth-order valence-corrected chi connectivity index (χ4v) is 1.51. The molecule has 6 nitrogen and oxygen atoms in total. The van der Waals surface area contributed by atoms with Crippen molar-refractivity contribution in [2.75, 3.05) is 13.2 Å². The highest BCUT2D eigenvalue weighted by Crippen LogP contribution is 2.14. The largest absolute Gasteiger partial charge is 0.480 e. The maximum absolute atomic E-state index is 10.2. The SMILES string of the molecule is CC(=CCC1CO1)C(=O)O.O=C(O)CNCc1ccccc1. The van der Waals surface area contributed by atoms with Gasteiger partial charge in [-0.25, -0.2) is 4.79 Å². The minimum Gasteiger partial charge on any atom is -0.480 e. The van der Waals surface area contributed by atoms with Crippen molar-refractivity contribution >= 4 is 11.9 Å². The number of carbonyl (C=O) groups is 2. The standard InChI is InChI=1S/C9H11NO2.C7H10O3/c11-9(12)7-10-6-8-4-2-1-3-5-8;1-5(7(8)9)2-3-6-4-10-6/h1-5,10H,6-7H2,(H,11,12);2,6H,3-4H2,1H3,(H,8,9). The number of carboxylic acids is 2. The van der Waals surface area contributed by atoms with Crippen LogP contribution in [0.3, 0.4) is 0 Å². The van der Waals surface area contributed by atoms with Crippen molar-refractivity contribution in [1.82, 2.24) is 5.32 Å². The van der Waals surface area contributed by atoms with E-state index in [1.807, 2.05) is 30.3 Å². The molecule has 1 aromatic carbocycles. The third kappa shape index (κ3) is 8.89. The Bertz CT molecular complexity index is 509. The summed E-state index contributed by atoms with van der Waals surface area (Å²) in [5.41, 5.74) is 1.49. The van der Waals surface area contributed by atoms with Crippen LogP contribution in [0.15, 0.2) is 42.0 Å². The second-order valence-corrected chi connectivity index (χ2v) is 4.87. The van der Waals surface area contributed by atoms with Crippen LogP contribution in [0.2, 0.25) is 0 Å². The van der Waals surface area contributed by atoms with Gasteiger partial charge in [0, 0.05) is 12.1 Å². The summed E-state index contributed by atoms with van der Waals surface area (Å²) >= 11 is 0. The number of benzene rings is 1. The van der Waals surface area contributed by atoms with Crippen LogP contribution in [0.4, 0.5) is 0 Å². The molecule has 1 fully saturated rings. The highest BCUT2D eigenvalue weighted by atomic mass is 16.6. The highest BCUT2D eigenvalue weighted by Gasteiger charge is 2.20. The van der Waals surface area contributed by atoms with Crippen molar-refractivity contribution in [1.29, 1.82) is 0 Å². The van der Waals surface area contributed by atoms with Gasteiger partial charge in [0.25, 0.3) is 0 Å². The van der Waals surface area contributed by atoms with Gasteiger partial charge in [-0.15, -0.1) is 0 Å². The van der Waals surface area contributed by atoms with E-state index in [-0.39, 0.29) is 12.6 Å². The second-order valence-electron chi connectivity index (χ2n) is 4.87. The molecule has 1 saturated heterocycles. The van der Waals surface area contributed by atoms with Gasteiger partial charge in [-0.2, -0.15) is 0 Å². The van der Waals surface area contributed by atoms with E-state index >= 15 is 0 Å². The van der Waals surface area contributed by atoms with Crippen LogP contribution in [-0.2, 0) is 20.9 Å². The first-order valence-electron chi connectivity index (χ1n) is 6.97. The van der Waals surface area contributed by atoms with E-state index in [2.05, 4.69) is 5.32 Å². The van der Waals surface area contributed by atoms with E-state index in [1.165, 1.54) is 0 Å². The molecule has 22 heavy (non-hydrogen) atoms. The number of nitrogens with one attached hydrogen (secondary N) is 1. The molecule has 0 radical (unpaired) electrons. The highest BCUT2D eigenvalue weighted by molar-refractivity contribution is 5.85. The number of epoxide rings is 1. The van der Waals surface area contributed by atoms with Crippen molar-refractivity contribution < 1.29 is 24.5 Å². The smallest absolute Gasteiger partial charge is 0.330 e. The fraction of sp³-hybridized carbons (Fsp3) is 0.375. The number of hydrogen-bond donors (Lipinski definition) is 3. The van der Waals surface area contributed by atoms with Crippen molar-refractivity contribution in [2.24, 2.45) is 0 Å². The number of carboxylic acid groups (broad SMARTS) is 2. The lowest BCUT2D eigenvalue weighted by molar-refractivity contribution is -0.136. The van der Waals surface area contributed by atoms with Gasteiger partial charge in [0.1, 0.15) is 0 Å². The fourth-order valence-electron chi connectivity index (χ4n) is 1.51. The average Bonchev–Trinajstić information content (AvgIpc) is 3.30. The zero-order chi connectivity index (χ0) is 16.4. The summed E-state index contributed by atoms with van der Waals surface area (Å²) < 4.78 is 4.90.